The third kappa shape index (κ3) is 3.72. The molecule has 0 atom stereocenters. The average Bonchev–Trinajstić information content (AvgIpc) is 2.62. The van der Waals surface area contributed by atoms with Gasteiger partial charge in [-0.3, -0.25) is 19.8 Å². The van der Waals surface area contributed by atoms with E-state index in [1.54, 1.807) is 31.2 Å². The Morgan fingerprint density at radius 3 is 2.41 bits per heavy atom. The Morgan fingerprint density at radius 1 is 1.11 bits per heavy atom. The van der Waals surface area contributed by atoms with Gasteiger partial charge in [-0.1, -0.05) is 29.8 Å². The molecule has 2 aromatic carbocycles. The monoisotopic (exact) mass is 399 g/mol. The van der Waals surface area contributed by atoms with Crippen LogP contribution in [0.2, 0.25) is 5.02 Å². The van der Waals surface area contributed by atoms with Gasteiger partial charge in [-0.15, -0.1) is 0 Å². The number of nitrogens with zero attached hydrogens (tertiary/aromatic N) is 2. The summed E-state index contributed by atoms with van der Waals surface area (Å²) in [7, 11) is 3.88. The molecule has 1 fully saturated rings. The predicted molar refractivity (Wildman–Crippen MR) is 113 cm³/mol. The molecule has 0 saturated carbocycles. The van der Waals surface area contributed by atoms with Gasteiger partial charge in [-0.05, 0) is 60.6 Å². The molecular weight excluding hydrogens is 382 g/mol. The molecule has 1 aliphatic rings. The van der Waals surface area contributed by atoms with Crippen molar-refractivity contribution in [2.45, 2.75) is 6.92 Å². The number of rotatable bonds is 3. The van der Waals surface area contributed by atoms with Crippen LogP contribution in [0.1, 0.15) is 11.1 Å². The van der Waals surface area contributed by atoms with Crippen LogP contribution in [0, 0.1) is 6.92 Å². The van der Waals surface area contributed by atoms with Crippen molar-refractivity contribution in [3.63, 3.8) is 0 Å². The Hall–Kier alpha value is -2.70. The number of benzene rings is 2. The van der Waals surface area contributed by atoms with Gasteiger partial charge in [-0.2, -0.15) is 0 Å². The standard InChI is InChI=1S/C20H18ClN3O2S/c1-12-16(21)5-4-6-17(12)24-19(26)15(18(25)22-20(24)27)11-13-7-9-14(10-8-13)23(2)3/h4-11H,1-3H3,(H,22,25,27)/b15-11-. The summed E-state index contributed by atoms with van der Waals surface area (Å²) >= 11 is 11.4. The second-order valence-electron chi connectivity index (χ2n) is 6.33. The molecule has 1 aliphatic heterocycles. The quantitative estimate of drug-likeness (QED) is 0.487. The minimum atomic E-state index is -0.516. The fourth-order valence-electron chi connectivity index (χ4n) is 2.75. The lowest BCUT2D eigenvalue weighted by molar-refractivity contribution is -0.122. The molecule has 2 aromatic rings. The van der Waals surface area contributed by atoms with Crippen LogP contribution in [0.25, 0.3) is 6.08 Å². The Balaban J connectivity index is 2.01. The predicted octanol–water partition coefficient (Wildman–Crippen LogP) is 3.55. The highest BCUT2D eigenvalue weighted by atomic mass is 35.5. The first-order valence-electron chi connectivity index (χ1n) is 8.23. The highest BCUT2D eigenvalue weighted by molar-refractivity contribution is 7.80. The first-order chi connectivity index (χ1) is 12.8. The summed E-state index contributed by atoms with van der Waals surface area (Å²) in [5.41, 5.74) is 3.04. The molecule has 2 amide bonds. The minimum Gasteiger partial charge on any atom is -0.378 e. The summed E-state index contributed by atoms with van der Waals surface area (Å²) in [6.45, 7) is 1.80. The van der Waals surface area contributed by atoms with Gasteiger partial charge in [0.05, 0.1) is 5.69 Å². The SMILES string of the molecule is Cc1c(Cl)cccc1N1C(=O)/C(=C\c2ccc(N(C)C)cc2)C(=O)NC1=S. The lowest BCUT2D eigenvalue weighted by Gasteiger charge is -2.30. The van der Waals surface area contributed by atoms with Gasteiger partial charge in [0.1, 0.15) is 5.57 Å². The number of hydrogen-bond acceptors (Lipinski definition) is 4. The van der Waals surface area contributed by atoms with Crippen molar-refractivity contribution in [2.24, 2.45) is 0 Å². The fourth-order valence-corrected chi connectivity index (χ4v) is 3.19. The molecule has 27 heavy (non-hydrogen) atoms. The summed E-state index contributed by atoms with van der Waals surface area (Å²) in [6, 6.07) is 12.8. The maximum atomic E-state index is 13.0. The maximum absolute atomic E-state index is 13.0. The van der Waals surface area contributed by atoms with Crippen LogP contribution in [0.15, 0.2) is 48.0 Å². The van der Waals surface area contributed by atoms with E-state index in [0.717, 1.165) is 11.3 Å². The number of carbonyl (C=O) groups excluding carboxylic acids is 2. The van der Waals surface area contributed by atoms with Crippen LogP contribution in [0.5, 0.6) is 0 Å². The highest BCUT2D eigenvalue weighted by Crippen LogP contribution is 2.29. The van der Waals surface area contributed by atoms with Gasteiger partial charge in [0.2, 0.25) is 0 Å². The average molecular weight is 400 g/mol. The molecule has 0 spiro atoms. The first-order valence-corrected chi connectivity index (χ1v) is 9.02. The van der Waals surface area contributed by atoms with Crippen molar-refractivity contribution >= 4 is 58.2 Å². The van der Waals surface area contributed by atoms with Crippen LogP contribution in [0.3, 0.4) is 0 Å². The molecular formula is C20H18ClN3O2S. The summed E-state index contributed by atoms with van der Waals surface area (Å²) in [5.74, 6) is -0.997. The van der Waals surface area contributed by atoms with Crippen molar-refractivity contribution in [1.29, 1.82) is 0 Å². The van der Waals surface area contributed by atoms with E-state index in [-0.39, 0.29) is 10.7 Å². The number of amides is 2. The number of nitrogens with one attached hydrogen (secondary N) is 1. The second kappa shape index (κ2) is 7.50. The summed E-state index contributed by atoms with van der Waals surface area (Å²) < 4.78 is 0. The molecule has 3 rings (SSSR count). The number of anilines is 2. The van der Waals surface area contributed by atoms with E-state index < -0.39 is 11.8 Å². The zero-order valence-electron chi connectivity index (χ0n) is 15.1. The Morgan fingerprint density at radius 2 is 1.78 bits per heavy atom. The molecule has 5 nitrogen and oxygen atoms in total. The zero-order valence-corrected chi connectivity index (χ0v) is 16.7. The third-order valence-electron chi connectivity index (χ3n) is 4.30. The van der Waals surface area contributed by atoms with E-state index >= 15 is 0 Å². The molecule has 7 heteroatoms. The van der Waals surface area contributed by atoms with E-state index in [0.29, 0.717) is 16.3 Å². The lowest BCUT2D eigenvalue weighted by Crippen LogP contribution is -2.54. The Bertz CT molecular complexity index is 968. The molecule has 0 aliphatic carbocycles. The van der Waals surface area contributed by atoms with E-state index in [9.17, 15) is 9.59 Å². The van der Waals surface area contributed by atoms with Gasteiger partial charge in [0.15, 0.2) is 5.11 Å². The highest BCUT2D eigenvalue weighted by Gasteiger charge is 2.35. The van der Waals surface area contributed by atoms with E-state index in [1.165, 1.54) is 4.90 Å². The van der Waals surface area contributed by atoms with Gasteiger partial charge < -0.3 is 4.90 Å². The van der Waals surface area contributed by atoms with Crippen molar-refractivity contribution in [2.75, 3.05) is 23.9 Å². The van der Waals surface area contributed by atoms with E-state index in [2.05, 4.69) is 5.32 Å². The zero-order chi connectivity index (χ0) is 19.7. The third-order valence-corrected chi connectivity index (χ3v) is 5.00. The second-order valence-corrected chi connectivity index (χ2v) is 7.12. The molecule has 0 aromatic heterocycles. The first kappa shape index (κ1) is 19.1. The molecule has 0 unspecified atom stereocenters. The van der Waals surface area contributed by atoms with Crippen LogP contribution in [-0.2, 0) is 9.59 Å². The van der Waals surface area contributed by atoms with Crippen LogP contribution in [0.4, 0.5) is 11.4 Å². The lowest BCUT2D eigenvalue weighted by atomic mass is 10.1. The van der Waals surface area contributed by atoms with Crippen LogP contribution in [-0.4, -0.2) is 31.0 Å². The Labute approximate surface area is 168 Å². The molecule has 0 radical (unpaired) electrons. The smallest absolute Gasteiger partial charge is 0.270 e. The maximum Gasteiger partial charge on any atom is 0.270 e. The summed E-state index contributed by atoms with van der Waals surface area (Å²) in [4.78, 5) is 28.7. The van der Waals surface area contributed by atoms with E-state index in [4.69, 9.17) is 23.8 Å². The molecule has 138 valence electrons. The topological polar surface area (TPSA) is 52.7 Å². The number of hydrogen-bond donors (Lipinski definition) is 1. The van der Waals surface area contributed by atoms with Crippen molar-refractivity contribution in [3.8, 4) is 0 Å². The molecule has 1 heterocycles. The van der Waals surface area contributed by atoms with Gasteiger partial charge in [-0.25, -0.2) is 0 Å². The molecule has 1 N–H and O–H groups in total. The number of thiocarbonyl (C=S) groups is 1. The van der Waals surface area contributed by atoms with Crippen molar-refractivity contribution in [3.05, 3.63) is 64.2 Å². The molecule has 0 bridgehead atoms. The summed E-state index contributed by atoms with van der Waals surface area (Å²) in [5, 5.41) is 3.14. The number of halogens is 1. The number of carbonyl (C=O) groups is 2. The fraction of sp³-hybridized carbons (Fsp3) is 0.150. The normalized spacial score (nSPS) is 15.9. The Kier molecular flexibility index (Phi) is 5.30. The van der Waals surface area contributed by atoms with E-state index in [1.807, 2.05) is 43.3 Å². The van der Waals surface area contributed by atoms with Crippen LogP contribution >= 0.6 is 23.8 Å². The summed E-state index contributed by atoms with van der Waals surface area (Å²) in [6.07, 6.45) is 1.56. The van der Waals surface area contributed by atoms with Gasteiger partial charge in [0.25, 0.3) is 11.8 Å². The largest absolute Gasteiger partial charge is 0.378 e. The van der Waals surface area contributed by atoms with Crippen molar-refractivity contribution in [1.82, 2.24) is 5.32 Å². The van der Waals surface area contributed by atoms with Crippen LogP contribution < -0.4 is 15.1 Å². The molecule has 1 saturated heterocycles. The minimum absolute atomic E-state index is 0.0144. The van der Waals surface area contributed by atoms with Gasteiger partial charge >= 0.3 is 0 Å². The van der Waals surface area contributed by atoms with Gasteiger partial charge in [0, 0.05) is 24.8 Å². The van der Waals surface area contributed by atoms with Crippen molar-refractivity contribution < 1.29 is 9.59 Å².